The molecule has 0 spiro atoms. The van der Waals surface area contributed by atoms with Gasteiger partial charge in [-0.2, -0.15) is 0 Å². The van der Waals surface area contributed by atoms with Gasteiger partial charge in [-0.1, -0.05) is 6.07 Å². The van der Waals surface area contributed by atoms with Gasteiger partial charge in [-0.25, -0.2) is 0 Å². The van der Waals surface area contributed by atoms with Crippen LogP contribution in [-0.2, 0) is 0 Å². The van der Waals surface area contributed by atoms with E-state index in [0.29, 0.717) is 6.04 Å². The lowest BCUT2D eigenvalue weighted by Gasteiger charge is -2.28. The zero-order chi connectivity index (χ0) is 8.55. The molecule has 1 aromatic rings. The van der Waals surface area contributed by atoms with Crippen molar-refractivity contribution in [3.8, 4) is 11.5 Å². The standard InChI is InChI=1S/C9H11NO2.ClH/c11-8-2-1-6(5-9(8)12)7-3-4-10-7;/h1-2,5,7,10-12H,3-4H2;1H/t7-;/m0./s1. The Labute approximate surface area is 82.8 Å². The van der Waals surface area contributed by atoms with Crippen LogP contribution in [0.5, 0.6) is 11.5 Å². The number of benzene rings is 1. The number of aromatic hydroxyl groups is 2. The fourth-order valence-corrected chi connectivity index (χ4v) is 1.33. The Morgan fingerprint density at radius 2 is 1.92 bits per heavy atom. The molecule has 4 heteroatoms. The van der Waals surface area contributed by atoms with Crippen LogP contribution in [0.1, 0.15) is 18.0 Å². The van der Waals surface area contributed by atoms with E-state index < -0.39 is 0 Å². The second kappa shape index (κ2) is 3.85. The Bertz CT molecular complexity index is 300. The van der Waals surface area contributed by atoms with E-state index in [0.717, 1.165) is 18.5 Å². The van der Waals surface area contributed by atoms with Gasteiger partial charge in [0.15, 0.2) is 11.5 Å². The molecule has 0 unspecified atom stereocenters. The lowest BCUT2D eigenvalue weighted by molar-refractivity contribution is 0.375. The van der Waals surface area contributed by atoms with E-state index in [2.05, 4.69) is 5.32 Å². The molecular formula is C9H12ClNO2. The predicted molar refractivity (Wildman–Crippen MR) is 52.4 cm³/mol. The van der Waals surface area contributed by atoms with Crippen molar-refractivity contribution in [1.82, 2.24) is 5.32 Å². The first kappa shape index (κ1) is 10.2. The Morgan fingerprint density at radius 3 is 2.38 bits per heavy atom. The summed E-state index contributed by atoms with van der Waals surface area (Å²) in [4.78, 5) is 0. The number of phenols is 2. The summed E-state index contributed by atoms with van der Waals surface area (Å²) in [5.41, 5.74) is 1.04. The van der Waals surface area contributed by atoms with Crippen molar-refractivity contribution < 1.29 is 10.2 Å². The van der Waals surface area contributed by atoms with Crippen molar-refractivity contribution in [2.24, 2.45) is 0 Å². The smallest absolute Gasteiger partial charge is 0.157 e. The summed E-state index contributed by atoms with van der Waals surface area (Å²) in [7, 11) is 0. The van der Waals surface area contributed by atoms with Crippen LogP contribution in [-0.4, -0.2) is 16.8 Å². The molecule has 1 aliphatic rings. The van der Waals surface area contributed by atoms with E-state index in [1.807, 2.05) is 6.07 Å². The van der Waals surface area contributed by atoms with Crippen molar-refractivity contribution in [3.63, 3.8) is 0 Å². The van der Waals surface area contributed by atoms with Gasteiger partial charge in [0.2, 0.25) is 0 Å². The number of rotatable bonds is 1. The summed E-state index contributed by atoms with van der Waals surface area (Å²) < 4.78 is 0. The zero-order valence-electron chi connectivity index (χ0n) is 7.03. The van der Waals surface area contributed by atoms with E-state index in [4.69, 9.17) is 5.11 Å². The molecule has 0 bridgehead atoms. The van der Waals surface area contributed by atoms with Crippen LogP contribution in [0, 0.1) is 0 Å². The van der Waals surface area contributed by atoms with E-state index in [1.54, 1.807) is 6.07 Å². The van der Waals surface area contributed by atoms with Crippen LogP contribution in [0.15, 0.2) is 18.2 Å². The molecule has 0 aliphatic carbocycles. The highest BCUT2D eigenvalue weighted by atomic mass is 35.5. The molecular weight excluding hydrogens is 190 g/mol. The van der Waals surface area contributed by atoms with Gasteiger partial charge >= 0.3 is 0 Å². The third-order valence-electron chi connectivity index (χ3n) is 2.23. The molecule has 72 valence electrons. The maximum atomic E-state index is 9.19. The average Bonchev–Trinajstić information content (AvgIpc) is 1.93. The second-order valence-corrected chi connectivity index (χ2v) is 3.04. The first-order valence-corrected chi connectivity index (χ1v) is 4.02. The summed E-state index contributed by atoms with van der Waals surface area (Å²) in [6, 6.07) is 5.30. The highest BCUT2D eigenvalue weighted by molar-refractivity contribution is 5.85. The van der Waals surface area contributed by atoms with Crippen molar-refractivity contribution in [3.05, 3.63) is 23.8 Å². The minimum atomic E-state index is -0.0573. The van der Waals surface area contributed by atoms with Crippen molar-refractivity contribution in [1.29, 1.82) is 0 Å². The predicted octanol–water partition coefficient (Wildman–Crippen LogP) is 1.55. The quantitative estimate of drug-likeness (QED) is 0.605. The van der Waals surface area contributed by atoms with Crippen molar-refractivity contribution in [2.45, 2.75) is 12.5 Å². The van der Waals surface area contributed by atoms with Crippen LogP contribution in [0.2, 0.25) is 0 Å². The molecule has 1 aromatic carbocycles. The van der Waals surface area contributed by atoms with Crippen molar-refractivity contribution >= 4 is 12.4 Å². The van der Waals surface area contributed by atoms with Crippen molar-refractivity contribution in [2.75, 3.05) is 6.54 Å². The van der Waals surface area contributed by atoms with Gasteiger partial charge in [0.1, 0.15) is 0 Å². The molecule has 1 aliphatic heterocycles. The lowest BCUT2D eigenvalue weighted by Crippen LogP contribution is -2.34. The monoisotopic (exact) mass is 201 g/mol. The molecule has 1 atom stereocenters. The fourth-order valence-electron chi connectivity index (χ4n) is 1.33. The van der Waals surface area contributed by atoms with E-state index >= 15 is 0 Å². The van der Waals surface area contributed by atoms with Crippen LogP contribution < -0.4 is 5.32 Å². The number of hydrogen-bond donors (Lipinski definition) is 3. The van der Waals surface area contributed by atoms with Gasteiger partial charge in [-0.05, 0) is 30.7 Å². The van der Waals surface area contributed by atoms with Gasteiger partial charge in [-0.15, -0.1) is 12.4 Å². The largest absolute Gasteiger partial charge is 0.504 e. The highest BCUT2D eigenvalue weighted by Gasteiger charge is 2.18. The summed E-state index contributed by atoms with van der Waals surface area (Å²) >= 11 is 0. The first-order valence-electron chi connectivity index (χ1n) is 4.02. The Kier molecular flexibility index (Phi) is 3.01. The molecule has 3 N–H and O–H groups in total. The summed E-state index contributed by atoms with van der Waals surface area (Å²) in [6.07, 6.45) is 1.10. The molecule has 13 heavy (non-hydrogen) atoms. The second-order valence-electron chi connectivity index (χ2n) is 3.04. The first-order chi connectivity index (χ1) is 5.77. The van der Waals surface area contributed by atoms with E-state index in [-0.39, 0.29) is 23.9 Å². The van der Waals surface area contributed by atoms with Gasteiger partial charge in [0, 0.05) is 6.04 Å². The maximum absolute atomic E-state index is 9.19. The molecule has 3 nitrogen and oxygen atoms in total. The molecule has 1 saturated heterocycles. The molecule has 0 aromatic heterocycles. The normalized spacial score (nSPS) is 20.2. The molecule has 1 heterocycles. The summed E-state index contributed by atoms with van der Waals surface area (Å²) in [5, 5.41) is 21.5. The highest BCUT2D eigenvalue weighted by Crippen LogP contribution is 2.30. The van der Waals surface area contributed by atoms with E-state index in [9.17, 15) is 5.11 Å². The SMILES string of the molecule is Cl.Oc1ccc([C@@H]2CCN2)cc1O. The Morgan fingerprint density at radius 1 is 1.23 bits per heavy atom. The summed E-state index contributed by atoms with van der Waals surface area (Å²) in [6.45, 7) is 1.03. The number of halogens is 1. The topological polar surface area (TPSA) is 52.5 Å². The molecule has 0 amide bonds. The van der Waals surface area contributed by atoms with Crippen LogP contribution in [0.4, 0.5) is 0 Å². The van der Waals surface area contributed by atoms with E-state index in [1.165, 1.54) is 6.07 Å². The fraction of sp³-hybridized carbons (Fsp3) is 0.333. The average molecular weight is 202 g/mol. The maximum Gasteiger partial charge on any atom is 0.157 e. The van der Waals surface area contributed by atoms with Crippen LogP contribution in [0.3, 0.4) is 0 Å². The van der Waals surface area contributed by atoms with Gasteiger partial charge < -0.3 is 15.5 Å². The van der Waals surface area contributed by atoms with Gasteiger partial charge in [0.25, 0.3) is 0 Å². The number of hydrogen-bond acceptors (Lipinski definition) is 3. The number of nitrogens with one attached hydrogen (secondary N) is 1. The summed E-state index contributed by atoms with van der Waals surface area (Å²) in [5.74, 6) is -0.0979. The minimum Gasteiger partial charge on any atom is -0.504 e. The number of phenolic OH excluding ortho intramolecular Hbond substituents is 2. The molecule has 0 radical (unpaired) electrons. The van der Waals surface area contributed by atoms with Crippen LogP contribution >= 0.6 is 12.4 Å². The third-order valence-corrected chi connectivity index (χ3v) is 2.23. The van der Waals surface area contributed by atoms with Gasteiger partial charge in [-0.3, -0.25) is 0 Å². The Balaban J connectivity index is 0.000000845. The zero-order valence-corrected chi connectivity index (χ0v) is 7.84. The molecule has 1 fully saturated rings. The van der Waals surface area contributed by atoms with Gasteiger partial charge in [0.05, 0.1) is 0 Å². The molecule has 2 rings (SSSR count). The minimum absolute atomic E-state index is 0. The Hall–Kier alpha value is -0.930. The molecule has 0 saturated carbocycles. The lowest BCUT2D eigenvalue weighted by atomic mass is 9.98. The van der Waals surface area contributed by atoms with Crippen LogP contribution in [0.25, 0.3) is 0 Å². The third kappa shape index (κ3) is 1.87.